The van der Waals surface area contributed by atoms with Gasteiger partial charge in [0.05, 0.1) is 22.7 Å². The van der Waals surface area contributed by atoms with Crippen molar-refractivity contribution in [3.63, 3.8) is 0 Å². The van der Waals surface area contributed by atoms with E-state index in [-0.39, 0.29) is 17.1 Å². The average Bonchev–Trinajstić information content (AvgIpc) is 3.18. The minimum absolute atomic E-state index is 0.110. The van der Waals surface area contributed by atoms with Crippen LogP contribution >= 0.6 is 0 Å². The van der Waals surface area contributed by atoms with E-state index in [0.717, 1.165) is 5.56 Å². The average molecular weight is 488 g/mol. The second kappa shape index (κ2) is 9.72. The van der Waals surface area contributed by atoms with E-state index in [1.165, 1.54) is 17.0 Å². The molecule has 7 heteroatoms. The minimum Gasteiger partial charge on any atom is -0.462 e. The number of nitrogens with zero attached hydrogens (tertiary/aromatic N) is 1. The van der Waals surface area contributed by atoms with Gasteiger partial charge in [0, 0.05) is 10.9 Å². The minimum atomic E-state index is -4.04. The van der Waals surface area contributed by atoms with Crippen LogP contribution in [0.15, 0.2) is 89.3 Å². The molecule has 1 aromatic heterocycles. The molecular formula is C28H25NO5S. The van der Waals surface area contributed by atoms with Gasteiger partial charge in [-0.2, -0.15) is 0 Å². The molecule has 0 spiro atoms. The van der Waals surface area contributed by atoms with Gasteiger partial charge in [-0.1, -0.05) is 66.2 Å². The Bertz CT molecular complexity index is 1550. The molecule has 0 aliphatic rings. The fraction of sp³-hybridized carbons (Fsp3) is 0.143. The van der Waals surface area contributed by atoms with Crippen molar-refractivity contribution in [2.75, 3.05) is 6.61 Å². The van der Waals surface area contributed by atoms with Gasteiger partial charge in [0.25, 0.3) is 10.0 Å². The fourth-order valence-electron chi connectivity index (χ4n) is 3.97. The third-order valence-electron chi connectivity index (χ3n) is 5.64. The van der Waals surface area contributed by atoms with Gasteiger partial charge in [0.2, 0.25) is 0 Å². The van der Waals surface area contributed by atoms with Gasteiger partial charge < -0.3 is 4.74 Å². The van der Waals surface area contributed by atoms with E-state index in [2.05, 4.69) is 0 Å². The smallest absolute Gasteiger partial charge is 0.341 e. The number of rotatable bonds is 7. The number of carbonyl (C=O) groups is 2. The lowest BCUT2D eigenvalue weighted by molar-refractivity contribution is -0.139. The van der Waals surface area contributed by atoms with Crippen molar-refractivity contribution < 1.29 is 22.7 Å². The van der Waals surface area contributed by atoms with Crippen LogP contribution in [-0.2, 0) is 24.3 Å². The van der Waals surface area contributed by atoms with E-state index >= 15 is 0 Å². The third-order valence-corrected chi connectivity index (χ3v) is 7.37. The number of carbonyl (C=O) groups excluding carboxylic acids is 2. The maximum atomic E-state index is 14.0. The molecule has 0 bridgehead atoms. The topological polar surface area (TPSA) is 82.4 Å². The molecule has 0 saturated carbocycles. The number of hydrogen-bond donors (Lipinski definition) is 0. The Morgan fingerprint density at radius 3 is 2.17 bits per heavy atom. The van der Waals surface area contributed by atoms with Gasteiger partial charge in [-0.05, 0) is 50.6 Å². The molecule has 0 unspecified atom stereocenters. The van der Waals surface area contributed by atoms with Gasteiger partial charge in [-0.3, -0.25) is 4.79 Å². The molecule has 35 heavy (non-hydrogen) atoms. The predicted molar refractivity (Wildman–Crippen MR) is 136 cm³/mol. The summed E-state index contributed by atoms with van der Waals surface area (Å²) in [6.07, 6.45) is 1.44. The summed E-state index contributed by atoms with van der Waals surface area (Å²) in [4.78, 5) is 25.1. The van der Waals surface area contributed by atoms with Gasteiger partial charge in [0.1, 0.15) is 5.57 Å². The van der Waals surface area contributed by atoms with Gasteiger partial charge in [-0.15, -0.1) is 0 Å². The molecule has 6 nitrogen and oxygen atoms in total. The van der Waals surface area contributed by atoms with Crippen LogP contribution in [0.1, 0.15) is 25.0 Å². The predicted octanol–water partition coefficient (Wildman–Crippen LogP) is 5.39. The Kier molecular flexibility index (Phi) is 6.71. The lowest BCUT2D eigenvalue weighted by Gasteiger charge is -2.13. The molecule has 4 rings (SSSR count). The number of aryl methyl sites for hydroxylation is 1. The van der Waals surface area contributed by atoms with Crippen molar-refractivity contribution in [2.45, 2.75) is 25.7 Å². The first kappa shape index (κ1) is 24.2. The lowest BCUT2D eigenvalue weighted by Crippen LogP contribution is -2.15. The number of esters is 1. The van der Waals surface area contributed by atoms with Crippen LogP contribution in [0.4, 0.5) is 0 Å². The summed E-state index contributed by atoms with van der Waals surface area (Å²) in [6, 6.07) is 22.7. The van der Waals surface area contributed by atoms with Gasteiger partial charge >= 0.3 is 5.97 Å². The van der Waals surface area contributed by atoms with E-state index < -0.39 is 21.8 Å². The summed E-state index contributed by atoms with van der Waals surface area (Å²) >= 11 is 0. The first-order valence-corrected chi connectivity index (χ1v) is 12.6. The molecule has 3 aromatic carbocycles. The zero-order valence-corrected chi connectivity index (χ0v) is 20.5. The number of fused-ring (bicyclic) bond motifs is 1. The standard InChI is InChI=1S/C28H25NO5S/c1-4-34-28(31)24(20(3)30)18-25-23-12-8-9-13-26(23)29(27(25)21-10-6-5-7-11-21)35(32,33)22-16-14-19(2)15-17-22/h5-18H,4H2,1-3H3/b24-18-. The molecule has 4 aromatic rings. The number of para-hydroxylation sites is 1. The van der Waals surface area contributed by atoms with E-state index in [1.807, 2.05) is 13.0 Å². The van der Waals surface area contributed by atoms with Crippen LogP contribution in [0.5, 0.6) is 0 Å². The molecule has 0 aliphatic carbocycles. The summed E-state index contributed by atoms with van der Waals surface area (Å²) in [7, 11) is -4.04. The molecule has 1 heterocycles. The van der Waals surface area contributed by atoms with Crippen molar-refractivity contribution in [3.8, 4) is 11.3 Å². The van der Waals surface area contributed by atoms with Crippen LogP contribution in [0.25, 0.3) is 28.2 Å². The van der Waals surface area contributed by atoms with Crippen molar-refractivity contribution in [1.29, 1.82) is 0 Å². The second-order valence-electron chi connectivity index (χ2n) is 8.06. The van der Waals surface area contributed by atoms with E-state index in [1.54, 1.807) is 79.7 Å². The number of hydrogen-bond acceptors (Lipinski definition) is 5. The van der Waals surface area contributed by atoms with Gasteiger partial charge in [0.15, 0.2) is 5.78 Å². The van der Waals surface area contributed by atoms with E-state index in [4.69, 9.17) is 4.74 Å². The Morgan fingerprint density at radius 1 is 0.914 bits per heavy atom. The quantitative estimate of drug-likeness (QED) is 0.151. The van der Waals surface area contributed by atoms with E-state index in [0.29, 0.717) is 27.7 Å². The molecule has 0 aliphatic heterocycles. The summed E-state index contributed by atoms with van der Waals surface area (Å²) in [6.45, 7) is 4.94. The first-order valence-electron chi connectivity index (χ1n) is 11.2. The Balaban J connectivity index is 2.14. The number of ketones is 1. The van der Waals surface area contributed by atoms with Crippen molar-refractivity contribution in [2.24, 2.45) is 0 Å². The Labute approximate surface area is 204 Å². The summed E-state index contributed by atoms with van der Waals surface area (Å²) in [5, 5.41) is 0.588. The maximum absolute atomic E-state index is 14.0. The van der Waals surface area contributed by atoms with Crippen LogP contribution in [-0.4, -0.2) is 30.7 Å². The monoisotopic (exact) mass is 487 g/mol. The highest BCUT2D eigenvalue weighted by Gasteiger charge is 2.28. The normalized spacial score (nSPS) is 12.0. The number of benzene rings is 3. The van der Waals surface area contributed by atoms with Crippen LogP contribution < -0.4 is 0 Å². The number of aromatic nitrogens is 1. The lowest BCUT2D eigenvalue weighted by atomic mass is 10.0. The van der Waals surface area contributed by atoms with Crippen LogP contribution in [0.2, 0.25) is 0 Å². The molecule has 0 amide bonds. The van der Waals surface area contributed by atoms with Crippen LogP contribution in [0, 0.1) is 6.92 Å². The van der Waals surface area contributed by atoms with Crippen LogP contribution in [0.3, 0.4) is 0 Å². The zero-order chi connectivity index (χ0) is 25.2. The number of Topliss-reactive ketones (excluding diaryl/α,β-unsaturated/α-hetero) is 1. The maximum Gasteiger partial charge on any atom is 0.341 e. The van der Waals surface area contributed by atoms with Gasteiger partial charge in [-0.25, -0.2) is 17.2 Å². The SMILES string of the molecule is CCOC(=O)/C(=C\c1c(-c2ccccc2)n(S(=O)(=O)c2ccc(C)cc2)c2ccccc12)C(C)=O. The van der Waals surface area contributed by atoms with Crippen molar-refractivity contribution >= 4 is 38.8 Å². The second-order valence-corrected chi connectivity index (χ2v) is 9.85. The molecule has 178 valence electrons. The third kappa shape index (κ3) is 4.55. The molecule has 0 radical (unpaired) electrons. The molecule has 0 fully saturated rings. The molecule has 0 atom stereocenters. The Hall–Kier alpha value is -3.97. The molecular weight excluding hydrogens is 462 g/mol. The van der Waals surface area contributed by atoms with Crippen molar-refractivity contribution in [1.82, 2.24) is 3.97 Å². The highest BCUT2D eigenvalue weighted by atomic mass is 32.2. The first-order chi connectivity index (χ1) is 16.8. The molecule has 0 saturated heterocycles. The summed E-state index contributed by atoms with van der Waals surface area (Å²) in [5.74, 6) is -1.22. The highest BCUT2D eigenvalue weighted by molar-refractivity contribution is 7.90. The zero-order valence-electron chi connectivity index (χ0n) is 19.7. The Morgan fingerprint density at radius 2 is 1.54 bits per heavy atom. The highest BCUT2D eigenvalue weighted by Crippen LogP contribution is 2.38. The fourth-order valence-corrected chi connectivity index (χ4v) is 5.53. The summed E-state index contributed by atoms with van der Waals surface area (Å²) in [5.41, 5.74) is 2.65. The molecule has 0 N–H and O–H groups in total. The van der Waals surface area contributed by atoms with E-state index in [9.17, 15) is 18.0 Å². The summed E-state index contributed by atoms with van der Waals surface area (Å²) < 4.78 is 34.4. The number of ether oxygens (including phenoxy) is 1. The van der Waals surface area contributed by atoms with Crippen molar-refractivity contribution in [3.05, 3.63) is 95.6 Å². The largest absolute Gasteiger partial charge is 0.462 e.